The molecule has 1 saturated heterocycles. The minimum absolute atomic E-state index is 0.432. The van der Waals surface area contributed by atoms with Crippen LogP contribution in [0.25, 0.3) is 21.8 Å². The van der Waals surface area contributed by atoms with Crippen LogP contribution in [0, 0.1) is 0 Å². The van der Waals surface area contributed by atoms with E-state index < -0.39 is 6.10 Å². The number of piperidine rings is 1. The number of nitrogens with zero attached hydrogens (tertiary/aromatic N) is 2. The van der Waals surface area contributed by atoms with Crippen LogP contribution in [-0.4, -0.2) is 39.3 Å². The average molecular weight is 405 g/mol. The third kappa shape index (κ3) is 3.71. The highest BCUT2D eigenvalue weighted by Crippen LogP contribution is 2.33. The summed E-state index contributed by atoms with van der Waals surface area (Å²) in [5.41, 5.74) is 2.16. The van der Waals surface area contributed by atoms with E-state index in [-0.39, 0.29) is 0 Å². The zero-order chi connectivity index (χ0) is 19.1. The highest BCUT2D eigenvalue weighted by Gasteiger charge is 2.27. The van der Waals surface area contributed by atoms with Crippen molar-refractivity contribution < 1.29 is 5.11 Å². The maximum absolute atomic E-state index is 10.9. The maximum atomic E-state index is 10.9. The Kier molecular flexibility index (Phi) is 5.39. The third-order valence-corrected chi connectivity index (χ3v) is 6.45. The van der Waals surface area contributed by atoms with Gasteiger partial charge in [-0.15, -0.1) is 0 Å². The monoisotopic (exact) mass is 404 g/mol. The summed E-state index contributed by atoms with van der Waals surface area (Å²) in [5.74, 6) is 0. The number of hydrogen-bond donors (Lipinski definition) is 1. The van der Waals surface area contributed by atoms with Crippen molar-refractivity contribution >= 4 is 45.0 Å². The van der Waals surface area contributed by atoms with Gasteiger partial charge in [-0.3, -0.25) is 4.90 Å². The molecule has 1 aliphatic rings. The number of β-amino-alcohol motifs (C(OH)–C–C–N with tert-alkyl or cyclic N) is 1. The van der Waals surface area contributed by atoms with Gasteiger partial charge in [0.1, 0.15) is 0 Å². The van der Waals surface area contributed by atoms with Crippen molar-refractivity contribution in [3.63, 3.8) is 0 Å². The highest BCUT2D eigenvalue weighted by atomic mass is 35.5. The molecule has 3 unspecified atom stereocenters. The van der Waals surface area contributed by atoms with E-state index in [0.717, 1.165) is 21.8 Å². The first-order valence-electron chi connectivity index (χ1n) is 9.75. The molecule has 4 rings (SSSR count). The number of aliphatic hydroxyl groups excluding tert-OH is 1. The second kappa shape index (κ2) is 7.63. The summed E-state index contributed by atoms with van der Waals surface area (Å²) in [6.07, 6.45) is 3.27. The summed E-state index contributed by atoms with van der Waals surface area (Å²) in [5, 5.41) is 14.5. The Balaban J connectivity index is 1.68. The zero-order valence-electron chi connectivity index (χ0n) is 15.8. The molecule has 2 heterocycles. The molecule has 144 valence electrons. The zero-order valence-corrected chi connectivity index (χ0v) is 17.3. The Labute approximate surface area is 170 Å². The predicted octanol–water partition coefficient (Wildman–Crippen LogP) is 5.73. The van der Waals surface area contributed by atoms with E-state index >= 15 is 0 Å². The number of rotatable bonds is 4. The molecule has 0 saturated carbocycles. The number of likely N-dealkylation sites (tertiary alicyclic amines) is 1. The fourth-order valence-corrected chi connectivity index (χ4v) is 4.94. The quantitative estimate of drug-likeness (QED) is 0.601. The van der Waals surface area contributed by atoms with Gasteiger partial charge in [0.15, 0.2) is 0 Å². The summed E-state index contributed by atoms with van der Waals surface area (Å²) in [4.78, 5) is 2.45. The molecule has 0 radical (unpaired) electrons. The maximum Gasteiger partial charge on any atom is 0.0846 e. The Morgan fingerprint density at radius 3 is 1.96 bits per heavy atom. The van der Waals surface area contributed by atoms with Crippen LogP contribution < -0.4 is 0 Å². The normalized spacial score (nSPS) is 22.6. The van der Waals surface area contributed by atoms with Crippen LogP contribution in [0.1, 0.15) is 33.1 Å². The molecule has 1 fully saturated rings. The van der Waals surface area contributed by atoms with Crippen molar-refractivity contribution in [2.45, 2.75) is 57.8 Å². The summed E-state index contributed by atoms with van der Waals surface area (Å²) in [6.45, 7) is 5.80. The van der Waals surface area contributed by atoms with Gasteiger partial charge in [-0.2, -0.15) is 0 Å². The van der Waals surface area contributed by atoms with Crippen LogP contribution in [0.5, 0.6) is 0 Å². The average Bonchev–Trinajstić information content (AvgIpc) is 2.91. The lowest BCUT2D eigenvalue weighted by atomic mass is 9.97. The van der Waals surface area contributed by atoms with Gasteiger partial charge in [0.2, 0.25) is 0 Å². The Bertz CT molecular complexity index is 899. The first-order valence-corrected chi connectivity index (χ1v) is 10.5. The molecule has 0 aliphatic carbocycles. The molecule has 1 N–H and O–H groups in total. The van der Waals surface area contributed by atoms with Crippen molar-refractivity contribution in [1.29, 1.82) is 0 Å². The topological polar surface area (TPSA) is 28.4 Å². The second-order valence-electron chi connectivity index (χ2n) is 7.91. The van der Waals surface area contributed by atoms with E-state index in [2.05, 4.69) is 23.3 Å². The summed E-state index contributed by atoms with van der Waals surface area (Å²) in [7, 11) is 0. The van der Waals surface area contributed by atoms with E-state index in [1.165, 1.54) is 19.3 Å². The molecule has 3 atom stereocenters. The number of hydrogen-bond acceptors (Lipinski definition) is 2. The van der Waals surface area contributed by atoms with Crippen LogP contribution in [0.15, 0.2) is 36.4 Å². The first-order chi connectivity index (χ1) is 12.9. The molecule has 0 bridgehead atoms. The lowest BCUT2D eigenvalue weighted by Gasteiger charge is -2.40. The van der Waals surface area contributed by atoms with Gasteiger partial charge >= 0.3 is 0 Å². The molecule has 5 heteroatoms. The predicted molar refractivity (Wildman–Crippen MR) is 115 cm³/mol. The molecule has 27 heavy (non-hydrogen) atoms. The molecule has 0 amide bonds. The van der Waals surface area contributed by atoms with Gasteiger partial charge in [-0.05, 0) is 63.1 Å². The molecular weight excluding hydrogens is 379 g/mol. The molecule has 3 aromatic rings. The summed E-state index contributed by atoms with van der Waals surface area (Å²) >= 11 is 12.5. The lowest BCUT2D eigenvalue weighted by Crippen LogP contribution is -2.48. The van der Waals surface area contributed by atoms with E-state index in [4.69, 9.17) is 23.2 Å². The van der Waals surface area contributed by atoms with Gasteiger partial charge in [0.25, 0.3) is 0 Å². The smallest absolute Gasteiger partial charge is 0.0846 e. The summed E-state index contributed by atoms with van der Waals surface area (Å²) < 4.78 is 2.20. The van der Waals surface area contributed by atoms with Crippen molar-refractivity contribution in [3.8, 4) is 0 Å². The van der Waals surface area contributed by atoms with Gasteiger partial charge in [-0.1, -0.05) is 29.6 Å². The van der Waals surface area contributed by atoms with Crippen molar-refractivity contribution in [2.75, 3.05) is 6.54 Å². The Morgan fingerprint density at radius 2 is 1.44 bits per heavy atom. The fraction of sp³-hybridized carbons (Fsp3) is 0.455. The van der Waals surface area contributed by atoms with Crippen molar-refractivity contribution in [1.82, 2.24) is 9.47 Å². The van der Waals surface area contributed by atoms with Crippen LogP contribution in [-0.2, 0) is 6.54 Å². The third-order valence-electron chi connectivity index (χ3n) is 5.98. The minimum atomic E-state index is -0.432. The Morgan fingerprint density at radius 1 is 0.926 bits per heavy atom. The van der Waals surface area contributed by atoms with Gasteiger partial charge in [0, 0.05) is 50.5 Å². The van der Waals surface area contributed by atoms with E-state index in [0.29, 0.717) is 35.2 Å². The fourth-order valence-electron chi connectivity index (χ4n) is 4.59. The van der Waals surface area contributed by atoms with Gasteiger partial charge < -0.3 is 9.67 Å². The van der Waals surface area contributed by atoms with Gasteiger partial charge in [-0.25, -0.2) is 0 Å². The second-order valence-corrected chi connectivity index (χ2v) is 8.79. The van der Waals surface area contributed by atoms with E-state index in [1.54, 1.807) is 0 Å². The lowest BCUT2D eigenvalue weighted by molar-refractivity contribution is 0.0357. The molecular formula is C22H26Cl2N2O. The molecule has 2 aromatic carbocycles. The Hall–Kier alpha value is -1.26. The van der Waals surface area contributed by atoms with Crippen LogP contribution >= 0.6 is 23.2 Å². The van der Waals surface area contributed by atoms with E-state index in [9.17, 15) is 5.11 Å². The highest BCUT2D eigenvalue weighted by molar-refractivity contribution is 6.33. The van der Waals surface area contributed by atoms with Crippen LogP contribution in [0.3, 0.4) is 0 Å². The molecule has 1 aromatic heterocycles. The number of aromatic nitrogens is 1. The molecule has 1 aliphatic heterocycles. The number of fused-ring (bicyclic) bond motifs is 3. The summed E-state index contributed by atoms with van der Waals surface area (Å²) in [6, 6.07) is 12.9. The number of benzene rings is 2. The molecule has 0 spiro atoms. The SMILES string of the molecule is CC1CCCC(C)N1CC(O)Cn1c2ccc(Cl)cc2c2cc(Cl)ccc21. The minimum Gasteiger partial charge on any atom is -0.390 e. The van der Waals surface area contributed by atoms with E-state index in [1.807, 2.05) is 36.4 Å². The first kappa shape index (κ1) is 19.1. The number of aliphatic hydroxyl groups is 1. The van der Waals surface area contributed by atoms with Crippen molar-refractivity contribution in [2.24, 2.45) is 0 Å². The van der Waals surface area contributed by atoms with Gasteiger partial charge in [0.05, 0.1) is 12.6 Å². The number of halogens is 2. The largest absolute Gasteiger partial charge is 0.390 e. The molecule has 3 nitrogen and oxygen atoms in total. The standard InChI is InChI=1S/C22H26Cl2N2O/c1-14-4-3-5-15(2)25(14)12-18(27)13-26-21-8-6-16(23)10-19(21)20-11-17(24)7-9-22(20)26/h6-11,14-15,18,27H,3-5,12-13H2,1-2H3. The van der Waals surface area contributed by atoms with Crippen LogP contribution in [0.2, 0.25) is 10.0 Å². The van der Waals surface area contributed by atoms with Crippen molar-refractivity contribution in [3.05, 3.63) is 46.4 Å². The van der Waals surface area contributed by atoms with Crippen LogP contribution in [0.4, 0.5) is 0 Å².